The Balaban J connectivity index is 2.07. The second kappa shape index (κ2) is 6.41. The van der Waals surface area contributed by atoms with E-state index in [-0.39, 0.29) is 24.9 Å². The molecule has 0 atom stereocenters. The second-order valence-electron chi connectivity index (χ2n) is 5.35. The predicted molar refractivity (Wildman–Crippen MR) is 77.7 cm³/mol. The Kier molecular flexibility index (Phi) is 4.61. The minimum Gasteiger partial charge on any atom is -0.399 e. The standard InChI is InChI=1S/C15H21N3O2/c16-12-5-3-4-11(8-12)9-15(20)18(10-14(17)19)13-6-1-2-7-13/h3-5,8,13H,1-2,6-7,9-10,16H2,(H2,17,19). The first kappa shape index (κ1) is 14.4. The topological polar surface area (TPSA) is 89.4 Å². The number of nitrogens with zero attached hydrogens (tertiary/aromatic N) is 1. The molecule has 1 saturated carbocycles. The highest BCUT2D eigenvalue weighted by Gasteiger charge is 2.27. The summed E-state index contributed by atoms with van der Waals surface area (Å²) >= 11 is 0. The van der Waals surface area contributed by atoms with Crippen LogP contribution in [0.15, 0.2) is 24.3 Å². The Morgan fingerprint density at radius 3 is 2.55 bits per heavy atom. The Morgan fingerprint density at radius 2 is 1.95 bits per heavy atom. The first-order chi connectivity index (χ1) is 9.56. The van der Waals surface area contributed by atoms with E-state index in [2.05, 4.69) is 0 Å². The van der Waals surface area contributed by atoms with Crippen LogP contribution in [0.1, 0.15) is 31.2 Å². The van der Waals surface area contributed by atoms with E-state index in [4.69, 9.17) is 11.5 Å². The Bertz CT molecular complexity index is 496. The maximum absolute atomic E-state index is 12.4. The second-order valence-corrected chi connectivity index (χ2v) is 5.35. The Labute approximate surface area is 118 Å². The summed E-state index contributed by atoms with van der Waals surface area (Å²) in [6.07, 6.45) is 4.37. The first-order valence-corrected chi connectivity index (χ1v) is 6.98. The van der Waals surface area contributed by atoms with Gasteiger partial charge in [-0.25, -0.2) is 0 Å². The van der Waals surface area contributed by atoms with Crippen molar-refractivity contribution in [1.29, 1.82) is 0 Å². The van der Waals surface area contributed by atoms with Crippen molar-refractivity contribution in [1.82, 2.24) is 4.90 Å². The lowest BCUT2D eigenvalue weighted by atomic mass is 10.1. The van der Waals surface area contributed by atoms with E-state index in [0.717, 1.165) is 31.2 Å². The molecule has 1 aromatic carbocycles. The fraction of sp³-hybridized carbons (Fsp3) is 0.467. The molecule has 1 aliphatic rings. The first-order valence-electron chi connectivity index (χ1n) is 6.98. The minimum atomic E-state index is -0.460. The minimum absolute atomic E-state index is 0.00577. The number of hydrogen-bond donors (Lipinski definition) is 2. The summed E-state index contributed by atoms with van der Waals surface area (Å²) in [6, 6.07) is 7.41. The van der Waals surface area contributed by atoms with Gasteiger partial charge in [-0.15, -0.1) is 0 Å². The molecular weight excluding hydrogens is 254 g/mol. The molecule has 5 nitrogen and oxygen atoms in total. The number of nitrogen functional groups attached to an aromatic ring is 1. The number of benzene rings is 1. The number of rotatable bonds is 5. The molecule has 4 N–H and O–H groups in total. The maximum Gasteiger partial charge on any atom is 0.237 e. The average Bonchev–Trinajstić information content (AvgIpc) is 2.89. The largest absolute Gasteiger partial charge is 0.399 e. The van der Waals surface area contributed by atoms with Crippen LogP contribution in [0.2, 0.25) is 0 Å². The number of carbonyl (C=O) groups excluding carboxylic acids is 2. The van der Waals surface area contributed by atoms with Gasteiger partial charge in [0, 0.05) is 11.7 Å². The van der Waals surface area contributed by atoms with Crippen molar-refractivity contribution in [3.05, 3.63) is 29.8 Å². The molecule has 0 aliphatic heterocycles. The van der Waals surface area contributed by atoms with Crippen LogP contribution in [0.25, 0.3) is 0 Å². The number of anilines is 1. The zero-order chi connectivity index (χ0) is 14.5. The highest BCUT2D eigenvalue weighted by molar-refractivity contribution is 5.85. The zero-order valence-electron chi connectivity index (χ0n) is 11.5. The van der Waals surface area contributed by atoms with Crippen molar-refractivity contribution in [2.75, 3.05) is 12.3 Å². The Hall–Kier alpha value is -2.04. The van der Waals surface area contributed by atoms with Gasteiger partial charge in [0.25, 0.3) is 0 Å². The van der Waals surface area contributed by atoms with Crippen molar-refractivity contribution in [3.63, 3.8) is 0 Å². The van der Waals surface area contributed by atoms with Crippen LogP contribution in [-0.4, -0.2) is 29.3 Å². The maximum atomic E-state index is 12.4. The van der Waals surface area contributed by atoms with Gasteiger partial charge in [-0.3, -0.25) is 9.59 Å². The third-order valence-corrected chi connectivity index (χ3v) is 3.72. The molecule has 0 spiro atoms. The summed E-state index contributed by atoms with van der Waals surface area (Å²) in [5.41, 5.74) is 12.5. The number of carbonyl (C=O) groups is 2. The van der Waals surface area contributed by atoms with Crippen molar-refractivity contribution in [2.24, 2.45) is 5.73 Å². The van der Waals surface area contributed by atoms with Gasteiger partial charge in [0.05, 0.1) is 13.0 Å². The quantitative estimate of drug-likeness (QED) is 0.788. The summed E-state index contributed by atoms with van der Waals surface area (Å²) in [6.45, 7) is 0.00577. The molecule has 1 fully saturated rings. The molecule has 0 bridgehead atoms. The normalized spacial score (nSPS) is 15.2. The van der Waals surface area contributed by atoms with Crippen LogP contribution in [0.3, 0.4) is 0 Å². The summed E-state index contributed by atoms with van der Waals surface area (Å²) < 4.78 is 0. The molecular formula is C15H21N3O2. The van der Waals surface area contributed by atoms with E-state index >= 15 is 0 Å². The monoisotopic (exact) mass is 275 g/mol. The van der Waals surface area contributed by atoms with Crippen LogP contribution < -0.4 is 11.5 Å². The smallest absolute Gasteiger partial charge is 0.237 e. The predicted octanol–water partition coefficient (Wildman–Crippen LogP) is 1.07. The molecule has 0 aromatic heterocycles. The number of amides is 2. The van der Waals surface area contributed by atoms with E-state index < -0.39 is 5.91 Å². The third-order valence-electron chi connectivity index (χ3n) is 3.72. The summed E-state index contributed by atoms with van der Waals surface area (Å²) in [5, 5.41) is 0. The number of nitrogens with two attached hydrogens (primary N) is 2. The van der Waals surface area contributed by atoms with Crippen LogP contribution in [-0.2, 0) is 16.0 Å². The fourth-order valence-electron chi connectivity index (χ4n) is 2.78. The van der Waals surface area contributed by atoms with Crippen LogP contribution >= 0.6 is 0 Å². The van der Waals surface area contributed by atoms with Crippen molar-refractivity contribution >= 4 is 17.5 Å². The van der Waals surface area contributed by atoms with E-state index in [1.807, 2.05) is 12.1 Å². The van der Waals surface area contributed by atoms with Gasteiger partial charge >= 0.3 is 0 Å². The van der Waals surface area contributed by atoms with Gasteiger partial charge in [-0.2, -0.15) is 0 Å². The number of primary amides is 1. The number of hydrogen-bond acceptors (Lipinski definition) is 3. The van der Waals surface area contributed by atoms with E-state index in [1.165, 1.54) is 0 Å². The average molecular weight is 275 g/mol. The molecule has 2 amide bonds. The summed E-state index contributed by atoms with van der Waals surface area (Å²) in [5.74, 6) is -0.515. The van der Waals surface area contributed by atoms with Crippen LogP contribution in [0.4, 0.5) is 5.69 Å². The van der Waals surface area contributed by atoms with Gasteiger partial charge in [0.15, 0.2) is 0 Å². The van der Waals surface area contributed by atoms with Gasteiger partial charge in [-0.05, 0) is 30.5 Å². The van der Waals surface area contributed by atoms with E-state index in [0.29, 0.717) is 5.69 Å². The molecule has 0 heterocycles. The third kappa shape index (κ3) is 3.73. The Morgan fingerprint density at radius 1 is 1.25 bits per heavy atom. The molecule has 1 aromatic rings. The van der Waals surface area contributed by atoms with E-state index in [9.17, 15) is 9.59 Å². The van der Waals surface area contributed by atoms with Crippen molar-refractivity contribution < 1.29 is 9.59 Å². The lowest BCUT2D eigenvalue weighted by Gasteiger charge is -2.28. The zero-order valence-corrected chi connectivity index (χ0v) is 11.5. The lowest BCUT2D eigenvalue weighted by Crippen LogP contribution is -2.44. The van der Waals surface area contributed by atoms with Crippen molar-refractivity contribution in [3.8, 4) is 0 Å². The fourth-order valence-corrected chi connectivity index (χ4v) is 2.78. The lowest BCUT2D eigenvalue weighted by molar-refractivity contribution is -0.136. The SMILES string of the molecule is NC(=O)CN(C(=O)Cc1cccc(N)c1)C1CCCC1. The highest BCUT2D eigenvalue weighted by Crippen LogP contribution is 2.24. The molecule has 0 saturated heterocycles. The molecule has 20 heavy (non-hydrogen) atoms. The van der Waals surface area contributed by atoms with Gasteiger partial charge in [-0.1, -0.05) is 25.0 Å². The molecule has 0 radical (unpaired) electrons. The molecule has 5 heteroatoms. The van der Waals surface area contributed by atoms with Gasteiger partial charge in [0.1, 0.15) is 0 Å². The van der Waals surface area contributed by atoms with Gasteiger partial charge < -0.3 is 16.4 Å². The summed E-state index contributed by atoms with van der Waals surface area (Å²) in [7, 11) is 0. The van der Waals surface area contributed by atoms with Crippen LogP contribution in [0, 0.1) is 0 Å². The van der Waals surface area contributed by atoms with Crippen LogP contribution in [0.5, 0.6) is 0 Å². The molecule has 0 unspecified atom stereocenters. The van der Waals surface area contributed by atoms with Crippen molar-refractivity contribution in [2.45, 2.75) is 38.1 Å². The molecule has 2 rings (SSSR count). The molecule has 1 aliphatic carbocycles. The molecule has 108 valence electrons. The van der Waals surface area contributed by atoms with Gasteiger partial charge in [0.2, 0.25) is 11.8 Å². The summed E-state index contributed by atoms with van der Waals surface area (Å²) in [4.78, 5) is 25.2. The highest BCUT2D eigenvalue weighted by atomic mass is 16.2. The van der Waals surface area contributed by atoms with E-state index in [1.54, 1.807) is 17.0 Å².